The molecule has 0 radical (unpaired) electrons. The molecule has 0 bridgehead atoms. The molecule has 5 aromatic rings. The zero-order valence-electron chi connectivity index (χ0n) is 17.3. The van der Waals surface area contributed by atoms with Gasteiger partial charge >= 0.3 is 0 Å². The van der Waals surface area contributed by atoms with Gasteiger partial charge in [-0.3, -0.25) is 9.78 Å². The minimum atomic E-state index is -0.0229. The second-order valence-electron chi connectivity index (χ2n) is 7.57. The standard InChI is InChI=1S/C27H21N3OS/c28-23-8-10-24(11-9-23)30(27(31)26-17-22-5-1-2-7-25(22)32-26)18-19-4-3-6-21(16-19)20-12-14-29-15-13-20/h1-17H,18,28H2. The zero-order valence-corrected chi connectivity index (χ0v) is 18.1. The molecule has 0 fully saturated rings. The van der Waals surface area contributed by atoms with Crippen LogP contribution in [0, 0.1) is 0 Å². The quantitative estimate of drug-likeness (QED) is 0.325. The molecule has 3 aromatic carbocycles. The van der Waals surface area contributed by atoms with Gasteiger partial charge in [0, 0.05) is 28.5 Å². The van der Waals surface area contributed by atoms with E-state index in [0.717, 1.165) is 32.5 Å². The molecule has 0 spiro atoms. The number of carbonyl (C=O) groups excluding carboxylic acids is 1. The van der Waals surface area contributed by atoms with Gasteiger partial charge in [-0.1, -0.05) is 36.4 Å². The molecular formula is C27H21N3OS. The summed E-state index contributed by atoms with van der Waals surface area (Å²) in [6, 6.07) is 29.7. The van der Waals surface area contributed by atoms with Crippen molar-refractivity contribution in [2.24, 2.45) is 0 Å². The largest absolute Gasteiger partial charge is 0.399 e. The lowest BCUT2D eigenvalue weighted by Gasteiger charge is -2.23. The van der Waals surface area contributed by atoms with Crippen LogP contribution in [0.5, 0.6) is 0 Å². The molecule has 5 rings (SSSR count). The summed E-state index contributed by atoms with van der Waals surface area (Å²) in [6.45, 7) is 0.454. The number of carbonyl (C=O) groups is 1. The summed E-state index contributed by atoms with van der Waals surface area (Å²) in [5.74, 6) is -0.0229. The highest BCUT2D eigenvalue weighted by atomic mass is 32.1. The Kier molecular flexibility index (Phi) is 5.40. The molecule has 0 saturated carbocycles. The highest BCUT2D eigenvalue weighted by molar-refractivity contribution is 7.20. The Morgan fingerprint density at radius 1 is 0.844 bits per heavy atom. The molecule has 0 atom stereocenters. The number of pyridine rings is 1. The highest BCUT2D eigenvalue weighted by Gasteiger charge is 2.20. The Morgan fingerprint density at radius 3 is 2.41 bits per heavy atom. The first-order chi connectivity index (χ1) is 15.7. The van der Waals surface area contributed by atoms with Gasteiger partial charge in [0.2, 0.25) is 0 Å². The number of nitrogen functional groups attached to an aromatic ring is 1. The van der Waals surface area contributed by atoms with Crippen molar-refractivity contribution in [1.29, 1.82) is 0 Å². The number of fused-ring (bicyclic) bond motifs is 1. The van der Waals surface area contributed by atoms with Gasteiger partial charge in [0.15, 0.2) is 0 Å². The van der Waals surface area contributed by atoms with E-state index in [0.29, 0.717) is 17.1 Å². The first-order valence-corrected chi connectivity index (χ1v) is 11.1. The van der Waals surface area contributed by atoms with Crippen molar-refractivity contribution in [2.75, 3.05) is 10.6 Å². The minimum absolute atomic E-state index is 0.0229. The molecular weight excluding hydrogens is 414 g/mol. The third kappa shape index (κ3) is 4.11. The van der Waals surface area contributed by atoms with Gasteiger partial charge in [0.05, 0.1) is 11.4 Å². The fourth-order valence-corrected chi connectivity index (χ4v) is 4.74. The maximum atomic E-state index is 13.7. The molecule has 156 valence electrons. The average molecular weight is 436 g/mol. The summed E-state index contributed by atoms with van der Waals surface area (Å²) in [6.07, 6.45) is 3.57. The van der Waals surface area contributed by atoms with Gasteiger partial charge in [0.1, 0.15) is 0 Å². The zero-order chi connectivity index (χ0) is 21.9. The van der Waals surface area contributed by atoms with Crippen molar-refractivity contribution in [2.45, 2.75) is 6.54 Å². The molecule has 4 nitrogen and oxygen atoms in total. The van der Waals surface area contributed by atoms with E-state index in [1.807, 2.05) is 83.8 Å². The number of hydrogen-bond acceptors (Lipinski definition) is 4. The van der Waals surface area contributed by atoms with Crippen LogP contribution in [-0.4, -0.2) is 10.9 Å². The summed E-state index contributed by atoms with van der Waals surface area (Å²) < 4.78 is 1.10. The fourth-order valence-electron chi connectivity index (χ4n) is 3.73. The van der Waals surface area contributed by atoms with Crippen LogP contribution in [0.2, 0.25) is 0 Å². The van der Waals surface area contributed by atoms with Crippen LogP contribution < -0.4 is 10.6 Å². The van der Waals surface area contributed by atoms with Gasteiger partial charge in [-0.2, -0.15) is 0 Å². The maximum absolute atomic E-state index is 13.7. The van der Waals surface area contributed by atoms with Crippen molar-refractivity contribution >= 4 is 38.7 Å². The van der Waals surface area contributed by atoms with Gasteiger partial charge in [-0.15, -0.1) is 11.3 Å². The number of amides is 1. The number of nitrogens with zero attached hydrogens (tertiary/aromatic N) is 2. The summed E-state index contributed by atoms with van der Waals surface area (Å²) in [7, 11) is 0. The van der Waals surface area contributed by atoms with E-state index in [1.165, 1.54) is 11.3 Å². The molecule has 1 amide bonds. The van der Waals surface area contributed by atoms with Crippen LogP contribution in [0.25, 0.3) is 21.2 Å². The first-order valence-electron chi connectivity index (χ1n) is 10.3. The predicted molar refractivity (Wildman–Crippen MR) is 133 cm³/mol. The lowest BCUT2D eigenvalue weighted by molar-refractivity contribution is 0.0989. The summed E-state index contributed by atoms with van der Waals surface area (Å²) in [5, 5.41) is 1.08. The number of benzene rings is 3. The van der Waals surface area contributed by atoms with Crippen molar-refractivity contribution in [1.82, 2.24) is 4.98 Å². The minimum Gasteiger partial charge on any atom is -0.399 e. The number of anilines is 2. The molecule has 2 N–H and O–H groups in total. The Bertz CT molecular complexity index is 1340. The second kappa shape index (κ2) is 8.65. The third-order valence-electron chi connectivity index (χ3n) is 5.37. The SMILES string of the molecule is Nc1ccc(N(Cc2cccc(-c3ccncc3)c2)C(=O)c2cc3ccccc3s2)cc1. The van der Waals surface area contributed by atoms with Gasteiger partial charge in [0.25, 0.3) is 5.91 Å². The van der Waals surface area contributed by atoms with Gasteiger partial charge in [-0.25, -0.2) is 0 Å². The third-order valence-corrected chi connectivity index (χ3v) is 6.47. The first kappa shape index (κ1) is 20.0. The number of nitrogens with two attached hydrogens (primary N) is 1. The predicted octanol–water partition coefficient (Wildman–Crippen LogP) is 6.39. The lowest BCUT2D eigenvalue weighted by atomic mass is 10.0. The van der Waals surface area contributed by atoms with Crippen molar-refractivity contribution in [3.05, 3.63) is 114 Å². The van der Waals surface area contributed by atoms with E-state index < -0.39 is 0 Å². The van der Waals surface area contributed by atoms with Crippen LogP contribution >= 0.6 is 11.3 Å². The monoisotopic (exact) mass is 435 g/mol. The van der Waals surface area contributed by atoms with Crippen LogP contribution in [-0.2, 0) is 6.54 Å². The van der Waals surface area contributed by atoms with Crippen molar-refractivity contribution < 1.29 is 4.79 Å². The smallest absolute Gasteiger partial charge is 0.268 e. The Labute approximate surface area is 190 Å². The average Bonchev–Trinajstić information content (AvgIpc) is 3.28. The van der Waals surface area contributed by atoms with Gasteiger partial charge < -0.3 is 10.6 Å². The van der Waals surface area contributed by atoms with Crippen LogP contribution in [0.3, 0.4) is 0 Å². The van der Waals surface area contributed by atoms with Gasteiger partial charge in [-0.05, 0) is 76.7 Å². The Hall–Kier alpha value is -3.96. The van der Waals surface area contributed by atoms with E-state index >= 15 is 0 Å². The number of aromatic nitrogens is 1. The van der Waals surface area contributed by atoms with Crippen LogP contribution in [0.1, 0.15) is 15.2 Å². The topological polar surface area (TPSA) is 59.2 Å². The van der Waals surface area contributed by atoms with Crippen molar-refractivity contribution in [3.8, 4) is 11.1 Å². The number of thiophene rings is 1. The summed E-state index contributed by atoms with van der Waals surface area (Å²) in [4.78, 5) is 20.3. The van der Waals surface area contributed by atoms with Crippen LogP contribution in [0.4, 0.5) is 11.4 Å². The highest BCUT2D eigenvalue weighted by Crippen LogP contribution is 2.30. The van der Waals surface area contributed by atoms with Crippen LogP contribution in [0.15, 0.2) is 103 Å². The molecule has 0 aliphatic heterocycles. The normalized spacial score (nSPS) is 10.9. The molecule has 0 aliphatic rings. The number of rotatable bonds is 5. The Morgan fingerprint density at radius 2 is 1.62 bits per heavy atom. The molecule has 2 aromatic heterocycles. The number of hydrogen-bond donors (Lipinski definition) is 1. The molecule has 0 saturated heterocycles. The maximum Gasteiger partial charge on any atom is 0.268 e. The van der Waals surface area contributed by atoms with E-state index in [9.17, 15) is 4.79 Å². The molecule has 0 aliphatic carbocycles. The second-order valence-corrected chi connectivity index (χ2v) is 8.65. The van der Waals surface area contributed by atoms with Crippen molar-refractivity contribution in [3.63, 3.8) is 0 Å². The lowest BCUT2D eigenvalue weighted by Crippen LogP contribution is -2.29. The van der Waals surface area contributed by atoms with E-state index in [-0.39, 0.29) is 5.91 Å². The van der Waals surface area contributed by atoms with E-state index in [4.69, 9.17) is 5.73 Å². The summed E-state index contributed by atoms with van der Waals surface area (Å²) in [5.41, 5.74) is 10.6. The molecule has 32 heavy (non-hydrogen) atoms. The van der Waals surface area contributed by atoms with E-state index in [2.05, 4.69) is 17.1 Å². The molecule has 5 heteroatoms. The molecule has 0 unspecified atom stereocenters. The Balaban J connectivity index is 1.52. The summed E-state index contributed by atoms with van der Waals surface area (Å²) >= 11 is 1.52. The fraction of sp³-hybridized carbons (Fsp3) is 0.0370. The molecule has 2 heterocycles. The van der Waals surface area contributed by atoms with E-state index in [1.54, 1.807) is 12.4 Å².